The van der Waals surface area contributed by atoms with Gasteiger partial charge in [-0.1, -0.05) is 42.5 Å². The molecule has 22 heavy (non-hydrogen) atoms. The van der Waals surface area contributed by atoms with Crippen molar-refractivity contribution in [3.8, 4) is 0 Å². The van der Waals surface area contributed by atoms with Crippen molar-refractivity contribution >= 4 is 5.91 Å². The number of hydrogen-bond donors (Lipinski definition) is 2. The van der Waals surface area contributed by atoms with Gasteiger partial charge in [-0.25, -0.2) is 4.98 Å². The molecule has 0 radical (unpaired) electrons. The molecular weight excluding hydrogens is 274 g/mol. The fraction of sp³-hybridized carbons (Fsp3) is 0.333. The summed E-state index contributed by atoms with van der Waals surface area (Å²) in [5, 5.41) is 3.21. The van der Waals surface area contributed by atoms with Gasteiger partial charge in [0.2, 0.25) is 5.91 Å². The van der Waals surface area contributed by atoms with E-state index >= 15 is 0 Å². The van der Waals surface area contributed by atoms with Gasteiger partial charge < -0.3 is 10.3 Å². The molecule has 1 aromatic carbocycles. The highest BCUT2D eigenvalue weighted by atomic mass is 16.1. The van der Waals surface area contributed by atoms with Crippen molar-refractivity contribution in [2.24, 2.45) is 5.92 Å². The van der Waals surface area contributed by atoms with Crippen LogP contribution in [0.2, 0.25) is 0 Å². The standard InChI is InChI=1S/C18H21N3O/c22-18(15-9-5-2-6-10-15)21-16(13-17-19-11-12-20-17)14-7-3-1-4-8-14/h1-5,7-8,11-12,15-16H,6,9-10,13H2,(H,19,20)(H,21,22)/t15-,16+/m0/s1. The monoisotopic (exact) mass is 295 g/mol. The number of carbonyl (C=O) groups excluding carboxylic acids is 1. The summed E-state index contributed by atoms with van der Waals surface area (Å²) in [5.74, 6) is 1.12. The maximum Gasteiger partial charge on any atom is 0.223 e. The Kier molecular flexibility index (Phi) is 4.68. The topological polar surface area (TPSA) is 57.8 Å². The number of benzene rings is 1. The van der Waals surface area contributed by atoms with Gasteiger partial charge in [0.15, 0.2) is 0 Å². The largest absolute Gasteiger partial charge is 0.349 e. The first-order valence-electron chi connectivity index (χ1n) is 7.81. The van der Waals surface area contributed by atoms with Crippen molar-refractivity contribution in [3.63, 3.8) is 0 Å². The second-order valence-corrected chi connectivity index (χ2v) is 5.69. The summed E-state index contributed by atoms with van der Waals surface area (Å²) < 4.78 is 0. The van der Waals surface area contributed by atoms with Crippen molar-refractivity contribution in [1.29, 1.82) is 0 Å². The third kappa shape index (κ3) is 3.64. The highest BCUT2D eigenvalue weighted by Gasteiger charge is 2.23. The number of H-pyrrole nitrogens is 1. The number of allylic oxidation sites excluding steroid dienone is 2. The van der Waals surface area contributed by atoms with Gasteiger partial charge in [0, 0.05) is 24.7 Å². The average molecular weight is 295 g/mol. The molecule has 3 rings (SSSR count). The summed E-state index contributed by atoms with van der Waals surface area (Å²) in [5.41, 5.74) is 1.11. The van der Waals surface area contributed by atoms with Crippen LogP contribution in [-0.4, -0.2) is 15.9 Å². The van der Waals surface area contributed by atoms with Crippen molar-refractivity contribution in [3.05, 3.63) is 66.3 Å². The lowest BCUT2D eigenvalue weighted by atomic mass is 9.92. The van der Waals surface area contributed by atoms with Gasteiger partial charge in [0.1, 0.15) is 5.82 Å². The fourth-order valence-electron chi connectivity index (χ4n) is 2.86. The molecule has 0 aliphatic heterocycles. The van der Waals surface area contributed by atoms with Crippen molar-refractivity contribution < 1.29 is 4.79 Å². The number of aromatic nitrogens is 2. The van der Waals surface area contributed by atoms with Crippen molar-refractivity contribution in [2.75, 3.05) is 0 Å². The molecule has 0 saturated carbocycles. The zero-order valence-electron chi connectivity index (χ0n) is 12.5. The minimum Gasteiger partial charge on any atom is -0.349 e. The van der Waals surface area contributed by atoms with E-state index in [0.717, 1.165) is 30.7 Å². The molecule has 1 aromatic heterocycles. The van der Waals surface area contributed by atoms with Gasteiger partial charge in [-0.2, -0.15) is 0 Å². The predicted octanol–water partition coefficient (Wildman–Crippen LogP) is 3.17. The SMILES string of the molecule is O=C(N[C@H](Cc1ncc[nH]1)c1ccccc1)[C@H]1CC=CCC1. The fourth-order valence-corrected chi connectivity index (χ4v) is 2.86. The van der Waals surface area contributed by atoms with Gasteiger partial charge >= 0.3 is 0 Å². The van der Waals surface area contributed by atoms with E-state index in [0.29, 0.717) is 6.42 Å². The summed E-state index contributed by atoms with van der Waals surface area (Å²) >= 11 is 0. The molecule has 2 N–H and O–H groups in total. The normalized spacial score (nSPS) is 18.8. The number of imidazole rings is 1. The quantitative estimate of drug-likeness (QED) is 0.832. The second-order valence-electron chi connectivity index (χ2n) is 5.69. The van der Waals surface area contributed by atoms with E-state index in [9.17, 15) is 4.79 Å². The molecule has 0 unspecified atom stereocenters. The Morgan fingerprint density at radius 2 is 2.18 bits per heavy atom. The van der Waals surface area contributed by atoms with Gasteiger partial charge in [0.05, 0.1) is 6.04 Å². The maximum atomic E-state index is 12.5. The first-order chi connectivity index (χ1) is 10.8. The molecule has 0 spiro atoms. The van der Waals surface area contributed by atoms with E-state index in [1.165, 1.54) is 0 Å². The minimum absolute atomic E-state index is 0.0502. The number of aromatic amines is 1. The first kappa shape index (κ1) is 14.6. The molecular formula is C18H21N3O. The number of hydrogen-bond acceptors (Lipinski definition) is 2. The van der Waals surface area contributed by atoms with Crippen LogP contribution in [0.5, 0.6) is 0 Å². The number of amides is 1. The van der Waals surface area contributed by atoms with Crippen LogP contribution in [0.1, 0.15) is 36.7 Å². The van der Waals surface area contributed by atoms with Crippen molar-refractivity contribution in [1.82, 2.24) is 15.3 Å². The second kappa shape index (κ2) is 7.07. The molecule has 2 atom stereocenters. The Balaban J connectivity index is 1.73. The van der Waals surface area contributed by atoms with Gasteiger partial charge in [-0.3, -0.25) is 4.79 Å². The lowest BCUT2D eigenvalue weighted by Crippen LogP contribution is -2.35. The Hall–Kier alpha value is -2.36. The van der Waals surface area contributed by atoms with Crippen LogP contribution >= 0.6 is 0 Å². The molecule has 114 valence electrons. The van der Waals surface area contributed by atoms with E-state index in [-0.39, 0.29) is 17.9 Å². The zero-order chi connectivity index (χ0) is 15.2. The van der Waals surface area contributed by atoms with E-state index in [4.69, 9.17) is 0 Å². The predicted molar refractivity (Wildman–Crippen MR) is 86.1 cm³/mol. The van der Waals surface area contributed by atoms with Crippen LogP contribution in [0.3, 0.4) is 0 Å². The molecule has 1 aliphatic rings. The van der Waals surface area contributed by atoms with Gasteiger partial charge in [0.25, 0.3) is 0 Å². The lowest BCUT2D eigenvalue weighted by Gasteiger charge is -2.23. The van der Waals surface area contributed by atoms with Crippen LogP contribution in [-0.2, 0) is 11.2 Å². The number of nitrogens with one attached hydrogen (secondary N) is 2. The van der Waals surface area contributed by atoms with Gasteiger partial charge in [-0.15, -0.1) is 0 Å². The number of nitrogens with zero attached hydrogens (tertiary/aromatic N) is 1. The third-order valence-corrected chi connectivity index (χ3v) is 4.11. The van der Waals surface area contributed by atoms with Crippen LogP contribution in [0.4, 0.5) is 0 Å². The van der Waals surface area contributed by atoms with Crippen LogP contribution in [0.25, 0.3) is 0 Å². The number of rotatable bonds is 5. The Bertz CT molecular complexity index is 619. The smallest absolute Gasteiger partial charge is 0.223 e. The maximum absolute atomic E-state index is 12.5. The summed E-state index contributed by atoms with van der Waals surface area (Å²) in [7, 11) is 0. The summed E-state index contributed by atoms with van der Waals surface area (Å²) in [6.07, 6.45) is 11.3. The highest BCUT2D eigenvalue weighted by molar-refractivity contribution is 5.79. The van der Waals surface area contributed by atoms with Crippen LogP contribution in [0, 0.1) is 5.92 Å². The molecule has 2 aromatic rings. The Morgan fingerprint density at radius 1 is 1.32 bits per heavy atom. The Morgan fingerprint density at radius 3 is 2.86 bits per heavy atom. The first-order valence-corrected chi connectivity index (χ1v) is 7.81. The molecule has 0 saturated heterocycles. The highest BCUT2D eigenvalue weighted by Crippen LogP contribution is 2.22. The van der Waals surface area contributed by atoms with Gasteiger partial charge in [-0.05, 0) is 24.8 Å². The average Bonchev–Trinajstić information content (AvgIpc) is 3.09. The molecule has 0 bridgehead atoms. The van der Waals surface area contributed by atoms with E-state index in [2.05, 4.69) is 39.6 Å². The van der Waals surface area contributed by atoms with E-state index in [1.807, 2.05) is 24.4 Å². The summed E-state index contributed by atoms with van der Waals surface area (Å²) in [6, 6.07) is 10.0. The summed E-state index contributed by atoms with van der Waals surface area (Å²) in [4.78, 5) is 19.9. The van der Waals surface area contributed by atoms with E-state index in [1.54, 1.807) is 6.20 Å². The van der Waals surface area contributed by atoms with Crippen LogP contribution < -0.4 is 5.32 Å². The molecule has 4 nitrogen and oxygen atoms in total. The summed E-state index contributed by atoms with van der Waals surface area (Å²) in [6.45, 7) is 0. The molecule has 4 heteroatoms. The minimum atomic E-state index is -0.0502. The number of carbonyl (C=O) groups is 1. The molecule has 1 amide bonds. The lowest BCUT2D eigenvalue weighted by molar-refractivity contribution is -0.126. The molecule has 1 aliphatic carbocycles. The van der Waals surface area contributed by atoms with Crippen LogP contribution in [0.15, 0.2) is 54.9 Å². The van der Waals surface area contributed by atoms with E-state index < -0.39 is 0 Å². The zero-order valence-corrected chi connectivity index (χ0v) is 12.5. The third-order valence-electron chi connectivity index (χ3n) is 4.11. The van der Waals surface area contributed by atoms with Crippen molar-refractivity contribution in [2.45, 2.75) is 31.7 Å². The molecule has 0 fully saturated rings. The molecule has 1 heterocycles. The Labute approximate surface area is 130 Å².